The molecule has 0 aromatic rings. The molecule has 2 rings (SSSR count). The molecule has 3 unspecified atom stereocenters. The molecular formula is C13H24N2O2. The maximum absolute atomic E-state index is 11.3. The monoisotopic (exact) mass is 240 g/mol. The van der Waals surface area contributed by atoms with Gasteiger partial charge in [0, 0.05) is 12.6 Å². The van der Waals surface area contributed by atoms with Gasteiger partial charge in [-0.15, -0.1) is 0 Å². The van der Waals surface area contributed by atoms with Crippen LogP contribution in [0.4, 0.5) is 0 Å². The van der Waals surface area contributed by atoms with Gasteiger partial charge in [0.2, 0.25) is 0 Å². The summed E-state index contributed by atoms with van der Waals surface area (Å²) < 4.78 is 0. The highest BCUT2D eigenvalue weighted by atomic mass is 16.4. The minimum Gasteiger partial charge on any atom is -0.480 e. The Kier molecular flexibility index (Phi) is 3.73. The number of nitrogens with zero attached hydrogens (tertiary/aromatic N) is 1. The predicted molar refractivity (Wildman–Crippen MR) is 67.0 cm³/mol. The molecule has 0 amide bonds. The summed E-state index contributed by atoms with van der Waals surface area (Å²) in [5.74, 6) is 0.0675. The summed E-state index contributed by atoms with van der Waals surface area (Å²) in [4.78, 5) is 13.7. The highest BCUT2D eigenvalue weighted by Crippen LogP contribution is 2.36. The molecule has 1 heterocycles. The number of carboxylic acids is 1. The minimum atomic E-state index is -0.813. The quantitative estimate of drug-likeness (QED) is 0.778. The number of rotatable bonds is 4. The Labute approximate surface area is 103 Å². The molecular weight excluding hydrogens is 216 g/mol. The van der Waals surface area contributed by atoms with E-state index in [0.29, 0.717) is 12.6 Å². The van der Waals surface area contributed by atoms with Crippen molar-refractivity contribution in [3.63, 3.8) is 0 Å². The van der Waals surface area contributed by atoms with Crippen molar-refractivity contribution in [1.29, 1.82) is 0 Å². The third-order valence-corrected chi connectivity index (χ3v) is 4.67. The molecule has 4 nitrogen and oxygen atoms in total. The smallest absolute Gasteiger partial charge is 0.324 e. The summed E-state index contributed by atoms with van der Waals surface area (Å²) in [7, 11) is 1.74. The molecule has 0 spiro atoms. The number of likely N-dealkylation sites (tertiary alicyclic amines) is 1. The van der Waals surface area contributed by atoms with Gasteiger partial charge in [0.05, 0.1) is 0 Å². The van der Waals surface area contributed by atoms with Crippen LogP contribution in [0.15, 0.2) is 0 Å². The van der Waals surface area contributed by atoms with E-state index in [2.05, 4.69) is 10.2 Å². The van der Waals surface area contributed by atoms with Crippen molar-refractivity contribution in [2.24, 2.45) is 5.92 Å². The van der Waals surface area contributed by atoms with E-state index in [4.69, 9.17) is 0 Å². The van der Waals surface area contributed by atoms with Gasteiger partial charge >= 0.3 is 5.97 Å². The maximum Gasteiger partial charge on any atom is 0.324 e. The Balaban J connectivity index is 2.01. The van der Waals surface area contributed by atoms with Gasteiger partial charge in [-0.3, -0.25) is 9.69 Å². The van der Waals surface area contributed by atoms with E-state index in [1.54, 1.807) is 14.0 Å². The second-order valence-corrected chi connectivity index (χ2v) is 5.76. The summed E-state index contributed by atoms with van der Waals surface area (Å²) in [5, 5.41) is 12.3. The number of carbonyl (C=O) groups is 1. The van der Waals surface area contributed by atoms with Gasteiger partial charge in [0.25, 0.3) is 0 Å². The molecule has 1 saturated carbocycles. The maximum atomic E-state index is 11.3. The van der Waals surface area contributed by atoms with Gasteiger partial charge in [-0.2, -0.15) is 0 Å². The van der Waals surface area contributed by atoms with Gasteiger partial charge < -0.3 is 10.4 Å². The average Bonchev–Trinajstić information content (AvgIpc) is 2.72. The van der Waals surface area contributed by atoms with Crippen LogP contribution < -0.4 is 5.32 Å². The molecule has 0 aromatic carbocycles. The molecule has 0 aromatic heterocycles. The predicted octanol–water partition coefficient (Wildman–Crippen LogP) is 1.31. The molecule has 17 heavy (non-hydrogen) atoms. The van der Waals surface area contributed by atoms with Gasteiger partial charge in [-0.05, 0) is 45.7 Å². The molecule has 0 bridgehead atoms. The zero-order valence-corrected chi connectivity index (χ0v) is 10.9. The van der Waals surface area contributed by atoms with Crippen LogP contribution in [-0.4, -0.2) is 47.7 Å². The second-order valence-electron chi connectivity index (χ2n) is 5.76. The van der Waals surface area contributed by atoms with E-state index in [0.717, 1.165) is 12.5 Å². The number of likely N-dealkylation sites (N-methyl/N-ethyl adjacent to an activating group) is 1. The summed E-state index contributed by atoms with van der Waals surface area (Å²) in [6.45, 7) is 3.48. The molecule has 2 N–H and O–H groups in total. The number of hydrogen-bond acceptors (Lipinski definition) is 3. The normalized spacial score (nSPS) is 33.1. The van der Waals surface area contributed by atoms with E-state index in [1.165, 1.54) is 32.1 Å². The Morgan fingerprint density at radius 1 is 1.41 bits per heavy atom. The van der Waals surface area contributed by atoms with Gasteiger partial charge in [-0.25, -0.2) is 0 Å². The summed E-state index contributed by atoms with van der Waals surface area (Å²) >= 11 is 0. The van der Waals surface area contributed by atoms with Crippen LogP contribution in [0.3, 0.4) is 0 Å². The van der Waals surface area contributed by atoms with Crippen molar-refractivity contribution in [3.05, 3.63) is 0 Å². The molecule has 3 atom stereocenters. The molecule has 2 fully saturated rings. The zero-order valence-electron chi connectivity index (χ0n) is 10.9. The largest absolute Gasteiger partial charge is 0.480 e. The summed E-state index contributed by atoms with van der Waals surface area (Å²) in [6.07, 6.45) is 6.51. The van der Waals surface area contributed by atoms with Crippen molar-refractivity contribution in [1.82, 2.24) is 10.2 Å². The first-order chi connectivity index (χ1) is 8.07. The van der Waals surface area contributed by atoms with Gasteiger partial charge in [-0.1, -0.05) is 12.8 Å². The van der Waals surface area contributed by atoms with E-state index in [9.17, 15) is 9.90 Å². The standard InChI is InChI=1S/C13H24N2O2/c1-13(14-2,12(16)17)9-15-8-7-10-5-3-4-6-11(10)15/h10-11,14H,3-9H2,1-2H3,(H,16,17). The van der Waals surface area contributed by atoms with Gasteiger partial charge in [0.15, 0.2) is 0 Å². The van der Waals surface area contributed by atoms with Crippen molar-refractivity contribution >= 4 is 5.97 Å². The van der Waals surface area contributed by atoms with Crippen molar-refractivity contribution in [2.45, 2.75) is 50.6 Å². The average molecular weight is 240 g/mol. The van der Waals surface area contributed by atoms with Crippen molar-refractivity contribution < 1.29 is 9.90 Å². The van der Waals surface area contributed by atoms with Crippen molar-refractivity contribution in [3.8, 4) is 0 Å². The summed E-state index contributed by atoms with van der Waals surface area (Å²) in [5.41, 5.74) is -0.813. The van der Waals surface area contributed by atoms with Crippen LogP contribution in [0.25, 0.3) is 0 Å². The fourth-order valence-corrected chi connectivity index (χ4v) is 3.36. The van der Waals surface area contributed by atoms with Crippen molar-refractivity contribution in [2.75, 3.05) is 20.1 Å². The number of hydrogen-bond donors (Lipinski definition) is 2. The molecule has 98 valence electrons. The van der Waals surface area contributed by atoms with E-state index in [-0.39, 0.29) is 0 Å². The van der Waals surface area contributed by atoms with E-state index in [1.807, 2.05) is 0 Å². The molecule has 0 radical (unpaired) electrons. The first-order valence-electron chi connectivity index (χ1n) is 6.73. The van der Waals surface area contributed by atoms with Crippen LogP contribution in [0.1, 0.15) is 39.0 Å². The minimum absolute atomic E-state index is 0.625. The Morgan fingerprint density at radius 3 is 2.76 bits per heavy atom. The van der Waals surface area contributed by atoms with Gasteiger partial charge in [0.1, 0.15) is 5.54 Å². The zero-order chi connectivity index (χ0) is 12.5. The second kappa shape index (κ2) is 4.94. The molecule has 4 heteroatoms. The first kappa shape index (κ1) is 12.8. The van der Waals surface area contributed by atoms with E-state index < -0.39 is 11.5 Å². The number of aliphatic carboxylic acids is 1. The van der Waals surface area contributed by atoms with Crippen LogP contribution in [0, 0.1) is 5.92 Å². The Hall–Kier alpha value is -0.610. The molecule has 1 saturated heterocycles. The fourth-order valence-electron chi connectivity index (χ4n) is 3.36. The third kappa shape index (κ3) is 2.47. The third-order valence-electron chi connectivity index (χ3n) is 4.67. The fraction of sp³-hybridized carbons (Fsp3) is 0.923. The molecule has 2 aliphatic rings. The Bertz CT molecular complexity index is 295. The topological polar surface area (TPSA) is 52.6 Å². The first-order valence-corrected chi connectivity index (χ1v) is 6.73. The lowest BCUT2D eigenvalue weighted by molar-refractivity contribution is -0.145. The lowest BCUT2D eigenvalue weighted by atomic mass is 9.85. The lowest BCUT2D eigenvalue weighted by Crippen LogP contribution is -2.56. The number of nitrogens with one attached hydrogen (secondary N) is 1. The number of carboxylic acid groups (broad SMARTS) is 1. The Morgan fingerprint density at radius 2 is 2.12 bits per heavy atom. The highest BCUT2D eigenvalue weighted by molar-refractivity contribution is 5.78. The van der Waals surface area contributed by atoms with Crippen LogP contribution in [-0.2, 0) is 4.79 Å². The summed E-state index contributed by atoms with van der Waals surface area (Å²) in [6, 6.07) is 0.635. The van der Waals surface area contributed by atoms with Crippen LogP contribution in [0.2, 0.25) is 0 Å². The molecule has 1 aliphatic carbocycles. The van der Waals surface area contributed by atoms with Crippen LogP contribution >= 0.6 is 0 Å². The lowest BCUT2D eigenvalue weighted by Gasteiger charge is -2.36. The SMILES string of the molecule is CNC(C)(CN1CCC2CCCCC21)C(=O)O. The molecule has 1 aliphatic heterocycles. The van der Waals surface area contributed by atoms with Crippen LogP contribution in [0.5, 0.6) is 0 Å². The number of fused-ring (bicyclic) bond motifs is 1. The highest BCUT2D eigenvalue weighted by Gasteiger charge is 2.41. The van der Waals surface area contributed by atoms with E-state index >= 15 is 0 Å².